The van der Waals surface area contributed by atoms with Crippen LogP contribution in [0.25, 0.3) is 0 Å². The molecule has 2 atom stereocenters. The van der Waals surface area contributed by atoms with E-state index in [0.29, 0.717) is 24.5 Å². The summed E-state index contributed by atoms with van der Waals surface area (Å²) in [6.45, 7) is 4.75. The first kappa shape index (κ1) is 19.7. The van der Waals surface area contributed by atoms with Gasteiger partial charge >= 0.3 is 0 Å². The second kappa shape index (κ2) is 8.82. The second-order valence-electron chi connectivity index (χ2n) is 7.43. The van der Waals surface area contributed by atoms with Gasteiger partial charge in [0.05, 0.1) is 34.6 Å². The van der Waals surface area contributed by atoms with Crippen molar-refractivity contribution in [3.05, 3.63) is 96.6 Å². The molecule has 0 aliphatic heterocycles. The number of ketones is 1. The number of nitrogens with zero attached hydrogens (tertiary/aromatic N) is 6. The summed E-state index contributed by atoms with van der Waals surface area (Å²) in [5, 5.41) is 0. The minimum Gasteiger partial charge on any atom is -0.353 e. The molecule has 0 bridgehead atoms. The van der Waals surface area contributed by atoms with Crippen LogP contribution in [-0.4, -0.2) is 34.9 Å². The van der Waals surface area contributed by atoms with Gasteiger partial charge in [0.25, 0.3) is 0 Å². The fraction of sp³-hybridized carbons (Fsp3) is 0.261. The van der Waals surface area contributed by atoms with E-state index in [1.54, 1.807) is 24.8 Å². The third-order valence-electron chi connectivity index (χ3n) is 5.12. The van der Waals surface area contributed by atoms with Gasteiger partial charge in [0, 0.05) is 62.7 Å². The Morgan fingerprint density at radius 3 is 1.43 bits per heavy atom. The maximum atomic E-state index is 13.9. The zero-order valence-corrected chi connectivity index (χ0v) is 17.1. The number of carbonyl (C=O) groups is 1. The van der Waals surface area contributed by atoms with Crippen LogP contribution >= 0.6 is 0 Å². The van der Waals surface area contributed by atoms with Crippen molar-refractivity contribution in [3.63, 3.8) is 0 Å². The highest BCUT2D eigenvalue weighted by atomic mass is 16.1. The topological polar surface area (TPSA) is 78.5 Å². The predicted molar refractivity (Wildman–Crippen MR) is 113 cm³/mol. The van der Waals surface area contributed by atoms with E-state index in [1.165, 1.54) is 0 Å². The van der Waals surface area contributed by atoms with E-state index in [-0.39, 0.29) is 5.78 Å². The van der Waals surface area contributed by atoms with Gasteiger partial charge < -0.3 is 9.13 Å². The first-order valence-electron chi connectivity index (χ1n) is 9.92. The van der Waals surface area contributed by atoms with Crippen LogP contribution in [0.15, 0.2) is 73.8 Å². The largest absolute Gasteiger partial charge is 0.353 e. The molecule has 4 rings (SSSR count). The minimum absolute atomic E-state index is 0.0497. The van der Waals surface area contributed by atoms with E-state index in [9.17, 15) is 4.79 Å². The van der Waals surface area contributed by atoms with Crippen molar-refractivity contribution in [1.29, 1.82) is 0 Å². The molecule has 7 nitrogen and oxygen atoms in total. The minimum atomic E-state index is -0.450. The molecule has 0 aliphatic carbocycles. The summed E-state index contributed by atoms with van der Waals surface area (Å²) in [5.41, 5.74) is 2.96. The van der Waals surface area contributed by atoms with Crippen LogP contribution in [0, 0.1) is 13.8 Å². The Kier molecular flexibility index (Phi) is 5.79. The summed E-state index contributed by atoms with van der Waals surface area (Å²) >= 11 is 0. The number of Topliss-reactive ketones (excluding diaryl/α,β-unsaturated/α-hetero) is 1. The second-order valence-corrected chi connectivity index (χ2v) is 7.43. The van der Waals surface area contributed by atoms with Gasteiger partial charge in [-0.05, 0) is 38.1 Å². The Balaban J connectivity index is 1.72. The molecule has 0 amide bonds. The van der Waals surface area contributed by atoms with Gasteiger partial charge in [-0.3, -0.25) is 24.7 Å². The third kappa shape index (κ3) is 4.51. The summed E-state index contributed by atoms with van der Waals surface area (Å²) in [6.07, 6.45) is 14.6. The molecule has 4 aromatic heterocycles. The van der Waals surface area contributed by atoms with E-state index in [1.807, 2.05) is 72.0 Å². The molecule has 0 saturated heterocycles. The Hall–Kier alpha value is -3.61. The molecular weight excluding hydrogens is 376 g/mol. The summed E-state index contributed by atoms with van der Waals surface area (Å²) < 4.78 is 4.00. The summed E-state index contributed by atoms with van der Waals surface area (Å²) in [4.78, 5) is 31.7. The van der Waals surface area contributed by atoms with Crippen molar-refractivity contribution >= 4 is 5.78 Å². The van der Waals surface area contributed by atoms with Gasteiger partial charge in [0.1, 0.15) is 0 Å². The molecule has 30 heavy (non-hydrogen) atoms. The van der Waals surface area contributed by atoms with Crippen LogP contribution in [-0.2, 0) is 17.9 Å². The molecule has 0 saturated carbocycles. The molecule has 7 heteroatoms. The van der Waals surface area contributed by atoms with Crippen LogP contribution in [0.2, 0.25) is 0 Å². The molecule has 0 N–H and O–H groups in total. The number of hydrogen-bond acceptors (Lipinski definition) is 5. The van der Waals surface area contributed by atoms with Gasteiger partial charge in [-0.1, -0.05) is 0 Å². The first-order chi connectivity index (χ1) is 14.6. The lowest BCUT2D eigenvalue weighted by Gasteiger charge is -2.23. The zero-order chi connectivity index (χ0) is 20.9. The van der Waals surface area contributed by atoms with Crippen LogP contribution in [0.3, 0.4) is 0 Å². The summed E-state index contributed by atoms with van der Waals surface area (Å²) in [6, 6.07) is 7.80. The number of rotatable bonds is 8. The zero-order valence-electron chi connectivity index (χ0n) is 17.1. The molecule has 0 aromatic carbocycles. The quantitative estimate of drug-likeness (QED) is 0.453. The number of carbonyl (C=O) groups excluding carboxylic acids is 1. The maximum absolute atomic E-state index is 13.9. The Labute approximate surface area is 175 Å². The van der Waals surface area contributed by atoms with E-state index in [0.717, 1.165) is 11.4 Å². The molecular formula is C23H24N6O. The lowest BCUT2D eigenvalue weighted by Crippen LogP contribution is -2.28. The van der Waals surface area contributed by atoms with Crippen molar-refractivity contribution < 1.29 is 4.79 Å². The number of aromatic nitrogens is 6. The highest BCUT2D eigenvalue weighted by Crippen LogP contribution is 2.27. The summed E-state index contributed by atoms with van der Waals surface area (Å²) in [5.74, 6) is -0.850. The van der Waals surface area contributed by atoms with Crippen molar-refractivity contribution in [2.45, 2.75) is 38.8 Å². The average molecular weight is 400 g/mol. The smallest absolute Gasteiger partial charge is 0.154 e. The van der Waals surface area contributed by atoms with Crippen molar-refractivity contribution in [2.75, 3.05) is 0 Å². The van der Waals surface area contributed by atoms with Gasteiger partial charge in [0.15, 0.2) is 5.78 Å². The molecule has 4 heterocycles. The lowest BCUT2D eigenvalue weighted by atomic mass is 9.88. The van der Waals surface area contributed by atoms with Crippen LogP contribution < -0.4 is 0 Å². The normalized spacial score (nSPS) is 13.1. The molecule has 0 spiro atoms. The Bertz CT molecular complexity index is 982. The standard InChI is InChI=1S/C23H24N6O/c1-17-11-26-21(13-24-17)19(15-28-7-3-4-8-28)23(30)20(16-29-9-5-6-10-29)22-14-25-18(2)12-27-22/h3-14,19-20H,15-16H2,1-2H3. The summed E-state index contributed by atoms with van der Waals surface area (Å²) in [7, 11) is 0. The van der Waals surface area contributed by atoms with Gasteiger partial charge in [-0.15, -0.1) is 0 Å². The van der Waals surface area contributed by atoms with Crippen molar-refractivity contribution in [3.8, 4) is 0 Å². The Morgan fingerprint density at radius 1 is 0.700 bits per heavy atom. The van der Waals surface area contributed by atoms with E-state index >= 15 is 0 Å². The maximum Gasteiger partial charge on any atom is 0.154 e. The molecule has 0 aliphatic rings. The van der Waals surface area contributed by atoms with Crippen LogP contribution in [0.5, 0.6) is 0 Å². The van der Waals surface area contributed by atoms with E-state index in [4.69, 9.17) is 0 Å². The van der Waals surface area contributed by atoms with E-state index < -0.39 is 11.8 Å². The Morgan fingerprint density at radius 2 is 1.10 bits per heavy atom. The molecule has 4 aromatic rings. The van der Waals surface area contributed by atoms with Crippen LogP contribution in [0.4, 0.5) is 0 Å². The van der Waals surface area contributed by atoms with E-state index in [2.05, 4.69) is 19.9 Å². The highest BCUT2D eigenvalue weighted by molar-refractivity contribution is 5.91. The van der Waals surface area contributed by atoms with Gasteiger partial charge in [-0.2, -0.15) is 0 Å². The molecule has 152 valence electrons. The number of aryl methyl sites for hydroxylation is 2. The molecule has 0 fully saturated rings. The van der Waals surface area contributed by atoms with Crippen LogP contribution in [0.1, 0.15) is 34.6 Å². The molecule has 2 unspecified atom stereocenters. The van der Waals surface area contributed by atoms with Gasteiger partial charge in [-0.25, -0.2) is 0 Å². The van der Waals surface area contributed by atoms with Crippen molar-refractivity contribution in [2.24, 2.45) is 0 Å². The first-order valence-corrected chi connectivity index (χ1v) is 9.92. The monoisotopic (exact) mass is 400 g/mol. The lowest BCUT2D eigenvalue weighted by molar-refractivity contribution is -0.122. The van der Waals surface area contributed by atoms with Crippen molar-refractivity contribution in [1.82, 2.24) is 29.1 Å². The highest BCUT2D eigenvalue weighted by Gasteiger charge is 2.32. The fourth-order valence-corrected chi connectivity index (χ4v) is 3.47. The molecule has 0 radical (unpaired) electrons. The SMILES string of the molecule is Cc1cnc(C(Cn2cccc2)C(=O)C(Cn2cccc2)c2cnc(C)cn2)cn1. The average Bonchev–Trinajstić information content (AvgIpc) is 3.46. The number of hydrogen-bond donors (Lipinski definition) is 0. The predicted octanol–water partition coefficient (Wildman–Crippen LogP) is 3.32. The van der Waals surface area contributed by atoms with Gasteiger partial charge in [0.2, 0.25) is 0 Å². The fourth-order valence-electron chi connectivity index (χ4n) is 3.47. The third-order valence-corrected chi connectivity index (χ3v) is 5.12.